The summed E-state index contributed by atoms with van der Waals surface area (Å²) in [5.74, 6) is -1.24. The first kappa shape index (κ1) is 14.4. The smallest absolute Gasteiger partial charge is 0.233 e. The number of ketones is 2. The van der Waals surface area contributed by atoms with E-state index < -0.39 is 11.6 Å². The van der Waals surface area contributed by atoms with Crippen LogP contribution in [-0.2, 0) is 0 Å². The van der Waals surface area contributed by atoms with Crippen molar-refractivity contribution in [2.24, 2.45) is 0 Å². The molecule has 0 unspecified atom stereocenters. The predicted octanol–water partition coefficient (Wildman–Crippen LogP) is 2.80. The van der Waals surface area contributed by atoms with Crippen LogP contribution in [0.25, 0.3) is 0 Å². The molecule has 0 bridgehead atoms. The molecule has 0 spiro atoms. The fourth-order valence-electron chi connectivity index (χ4n) is 1.49. The zero-order valence-corrected chi connectivity index (χ0v) is 9.33. The minimum Gasteiger partial charge on any atom is -0.508 e. The van der Waals surface area contributed by atoms with E-state index in [9.17, 15) is 9.59 Å². The van der Waals surface area contributed by atoms with Gasteiger partial charge in [-0.3, -0.25) is 9.59 Å². The highest BCUT2D eigenvalue weighted by Gasteiger charge is 2.17. The van der Waals surface area contributed by atoms with E-state index in [-0.39, 0.29) is 30.1 Å². The van der Waals surface area contributed by atoms with E-state index in [0.717, 1.165) is 0 Å². The number of carbonyl (C=O) groups is 2. The predicted molar refractivity (Wildman–Crippen MR) is 71.6 cm³/mol. The van der Waals surface area contributed by atoms with Crippen LogP contribution in [0.4, 0.5) is 0 Å². The molecule has 0 aliphatic carbocycles. The highest BCUT2D eigenvalue weighted by Crippen LogP contribution is 2.14. The number of phenolic OH excluding ortho intramolecular Hbond substituents is 2. The summed E-state index contributed by atoms with van der Waals surface area (Å²) in [5, 5.41) is 18.2. The number of benzene rings is 2. The summed E-state index contributed by atoms with van der Waals surface area (Å²) >= 11 is 0. The van der Waals surface area contributed by atoms with Gasteiger partial charge < -0.3 is 10.2 Å². The first-order valence-electron chi connectivity index (χ1n) is 5.25. The number of hydrogen-bond acceptors (Lipinski definition) is 4. The van der Waals surface area contributed by atoms with E-state index in [2.05, 4.69) is 0 Å². The van der Waals surface area contributed by atoms with Crippen molar-refractivity contribution in [3.8, 4) is 11.5 Å². The summed E-state index contributed by atoms with van der Waals surface area (Å²) < 4.78 is 0. The van der Waals surface area contributed by atoms with Crippen LogP contribution in [0.15, 0.2) is 48.5 Å². The van der Waals surface area contributed by atoms with Crippen LogP contribution < -0.4 is 0 Å². The Morgan fingerprint density at radius 3 is 1.16 bits per heavy atom. The van der Waals surface area contributed by atoms with Gasteiger partial charge in [0.1, 0.15) is 11.5 Å². The van der Waals surface area contributed by atoms with Gasteiger partial charge in [0.25, 0.3) is 0 Å². The summed E-state index contributed by atoms with van der Waals surface area (Å²) in [6, 6.07) is 10.9. The van der Waals surface area contributed by atoms with Gasteiger partial charge in [0.05, 0.1) is 0 Å². The molecule has 2 aromatic rings. The van der Waals surface area contributed by atoms with Crippen molar-refractivity contribution >= 4 is 11.6 Å². The number of rotatable bonds is 3. The second-order valence-electron chi connectivity index (χ2n) is 3.75. The third-order valence-electron chi connectivity index (χ3n) is 2.47. The molecule has 2 N–H and O–H groups in total. The maximum absolute atomic E-state index is 11.8. The molecule has 0 radical (unpaired) electrons. The van der Waals surface area contributed by atoms with Crippen molar-refractivity contribution in [3.05, 3.63) is 59.7 Å². The monoisotopic (exact) mass is 258 g/mol. The largest absolute Gasteiger partial charge is 0.508 e. The highest BCUT2D eigenvalue weighted by molar-refractivity contribution is 6.49. The molecule has 4 nitrogen and oxygen atoms in total. The number of carbonyl (C=O) groups excluding carboxylic acids is 2. The third kappa shape index (κ3) is 3.19. The molecule has 0 aliphatic rings. The molecule has 0 aliphatic heterocycles. The Bertz CT molecular complexity index is 527. The maximum Gasteiger partial charge on any atom is 0.233 e. The van der Waals surface area contributed by atoms with E-state index in [1.807, 2.05) is 0 Å². The molecule has 0 amide bonds. The Balaban J connectivity index is 0.00000180. The lowest BCUT2D eigenvalue weighted by atomic mass is 10.0. The fraction of sp³-hybridized carbons (Fsp3) is 0.0667. The Morgan fingerprint density at radius 1 is 0.632 bits per heavy atom. The van der Waals surface area contributed by atoms with Crippen LogP contribution in [0, 0.1) is 0 Å². The van der Waals surface area contributed by atoms with Crippen LogP contribution in [0.1, 0.15) is 28.1 Å². The van der Waals surface area contributed by atoms with Gasteiger partial charge in [-0.1, -0.05) is 7.43 Å². The fourth-order valence-corrected chi connectivity index (χ4v) is 1.49. The number of hydrogen-bond donors (Lipinski definition) is 2. The van der Waals surface area contributed by atoms with Gasteiger partial charge in [-0.15, -0.1) is 0 Å². The van der Waals surface area contributed by atoms with Gasteiger partial charge in [0.15, 0.2) is 0 Å². The SMILES string of the molecule is C.O=C(C(=O)c1ccc(O)cc1)c1ccc(O)cc1. The molecule has 0 fully saturated rings. The lowest BCUT2D eigenvalue weighted by Crippen LogP contribution is -2.14. The molecule has 0 atom stereocenters. The molecule has 0 heterocycles. The van der Waals surface area contributed by atoms with Crippen molar-refractivity contribution in [1.82, 2.24) is 0 Å². The quantitative estimate of drug-likeness (QED) is 0.655. The molecule has 2 rings (SSSR count). The molecule has 0 saturated heterocycles. The normalized spacial score (nSPS) is 9.47. The van der Waals surface area contributed by atoms with Gasteiger partial charge in [-0.05, 0) is 48.5 Å². The molecule has 2 aromatic carbocycles. The summed E-state index contributed by atoms with van der Waals surface area (Å²) in [7, 11) is 0. The van der Waals surface area contributed by atoms with E-state index in [1.54, 1.807) is 0 Å². The molecule has 4 heteroatoms. The Hall–Kier alpha value is -2.62. The number of Topliss-reactive ketones (excluding diaryl/α,β-unsaturated/α-hetero) is 2. The Kier molecular flexibility index (Phi) is 4.42. The number of aromatic hydroxyl groups is 2. The highest BCUT2D eigenvalue weighted by atomic mass is 16.3. The van der Waals surface area contributed by atoms with E-state index in [1.165, 1.54) is 48.5 Å². The van der Waals surface area contributed by atoms with Crippen molar-refractivity contribution < 1.29 is 19.8 Å². The van der Waals surface area contributed by atoms with E-state index in [4.69, 9.17) is 10.2 Å². The van der Waals surface area contributed by atoms with Crippen molar-refractivity contribution in [3.63, 3.8) is 0 Å². The van der Waals surface area contributed by atoms with Crippen molar-refractivity contribution in [1.29, 1.82) is 0 Å². The number of phenols is 2. The summed E-state index contributed by atoms with van der Waals surface area (Å²) in [4.78, 5) is 23.7. The standard InChI is InChI=1S/C14H10O4.CH4/c15-11-5-1-9(2-6-11)13(17)14(18)10-3-7-12(16)8-4-10;/h1-8,15-16H;1H4. The average molecular weight is 258 g/mol. The summed E-state index contributed by atoms with van der Waals surface area (Å²) in [6.07, 6.45) is 0. The minimum absolute atomic E-state index is 0. The second kappa shape index (κ2) is 5.82. The van der Waals surface area contributed by atoms with Crippen molar-refractivity contribution in [2.75, 3.05) is 0 Å². The molecule has 0 saturated carbocycles. The van der Waals surface area contributed by atoms with E-state index >= 15 is 0 Å². The lowest BCUT2D eigenvalue weighted by Gasteiger charge is -2.01. The van der Waals surface area contributed by atoms with Gasteiger partial charge in [-0.25, -0.2) is 0 Å². The second-order valence-corrected chi connectivity index (χ2v) is 3.75. The molecule has 98 valence electrons. The van der Waals surface area contributed by atoms with Gasteiger partial charge in [-0.2, -0.15) is 0 Å². The molecular weight excluding hydrogens is 244 g/mol. The van der Waals surface area contributed by atoms with Crippen LogP contribution in [-0.4, -0.2) is 21.8 Å². The first-order chi connectivity index (χ1) is 8.58. The van der Waals surface area contributed by atoms with Gasteiger partial charge in [0.2, 0.25) is 11.6 Å². The lowest BCUT2D eigenvalue weighted by molar-refractivity contribution is 0.0817. The zero-order chi connectivity index (χ0) is 13.1. The van der Waals surface area contributed by atoms with Gasteiger partial charge >= 0.3 is 0 Å². The van der Waals surface area contributed by atoms with Gasteiger partial charge in [0, 0.05) is 11.1 Å². The maximum atomic E-state index is 11.8. The van der Waals surface area contributed by atoms with E-state index in [0.29, 0.717) is 0 Å². The molecule has 0 aromatic heterocycles. The Labute approximate surface area is 111 Å². The molecular formula is C15H14O4. The Morgan fingerprint density at radius 2 is 0.895 bits per heavy atom. The van der Waals surface area contributed by atoms with Crippen LogP contribution >= 0.6 is 0 Å². The topological polar surface area (TPSA) is 74.6 Å². The average Bonchev–Trinajstić information content (AvgIpc) is 2.39. The summed E-state index contributed by atoms with van der Waals surface area (Å²) in [5.41, 5.74) is 0.428. The first-order valence-corrected chi connectivity index (χ1v) is 5.25. The van der Waals surface area contributed by atoms with Crippen LogP contribution in [0.2, 0.25) is 0 Å². The summed E-state index contributed by atoms with van der Waals surface area (Å²) in [6.45, 7) is 0. The van der Waals surface area contributed by atoms with Crippen molar-refractivity contribution in [2.45, 2.75) is 7.43 Å². The van der Waals surface area contributed by atoms with Crippen LogP contribution in [0.5, 0.6) is 11.5 Å². The minimum atomic E-state index is -0.652. The zero-order valence-electron chi connectivity index (χ0n) is 9.33. The molecule has 19 heavy (non-hydrogen) atoms. The third-order valence-corrected chi connectivity index (χ3v) is 2.47. The van der Waals surface area contributed by atoms with Crippen LogP contribution in [0.3, 0.4) is 0 Å².